The zero-order valence-corrected chi connectivity index (χ0v) is 9.86. The summed E-state index contributed by atoms with van der Waals surface area (Å²) in [7, 11) is 0. The Morgan fingerprint density at radius 1 is 1.06 bits per heavy atom. The molecule has 0 bridgehead atoms. The van der Waals surface area contributed by atoms with E-state index in [1.165, 1.54) is 0 Å². The molecule has 0 aromatic rings. The summed E-state index contributed by atoms with van der Waals surface area (Å²) < 4.78 is 0. The highest BCUT2D eigenvalue weighted by Gasteiger charge is 2.50. The van der Waals surface area contributed by atoms with Gasteiger partial charge >= 0.3 is 0 Å². The van der Waals surface area contributed by atoms with E-state index in [2.05, 4.69) is 5.32 Å². The second kappa shape index (κ2) is 4.92. The Hall–Kier alpha value is -1.64. The second-order valence-corrected chi connectivity index (χ2v) is 3.75. The topological polar surface area (TPSA) is 46.2 Å². The Kier molecular flexibility index (Phi) is 3.82. The van der Waals surface area contributed by atoms with Gasteiger partial charge in [0.2, 0.25) is 11.8 Å². The number of amides is 2. The minimum absolute atomic E-state index is 0.237. The molecule has 1 unspecified atom stereocenters. The quantitative estimate of drug-likeness (QED) is 0.582. The number of imide groups is 1. The van der Waals surface area contributed by atoms with Gasteiger partial charge in [0.05, 0.1) is 5.92 Å². The number of hydrogen-bond donors (Lipinski definition) is 1. The molecular weight excluding hydrogens is 202 g/mol. The molecule has 0 aromatic carbocycles. The lowest BCUT2D eigenvalue weighted by Gasteiger charge is -2.22. The third-order valence-corrected chi connectivity index (χ3v) is 2.70. The highest BCUT2D eigenvalue weighted by Crippen LogP contribution is 2.37. The highest BCUT2D eigenvalue weighted by atomic mass is 16.2. The Balaban J connectivity index is 3.30. The predicted octanol–water partition coefficient (Wildman–Crippen LogP) is 1.97. The first-order valence-corrected chi connectivity index (χ1v) is 5.38. The lowest BCUT2D eigenvalue weighted by molar-refractivity contribution is -0.126. The van der Waals surface area contributed by atoms with Crippen molar-refractivity contribution in [1.82, 2.24) is 5.32 Å². The van der Waals surface area contributed by atoms with E-state index >= 15 is 0 Å². The van der Waals surface area contributed by atoms with Crippen molar-refractivity contribution in [2.45, 2.75) is 20.8 Å². The average molecular weight is 219 g/mol. The molecule has 1 aliphatic rings. The van der Waals surface area contributed by atoms with Crippen LogP contribution in [0.5, 0.6) is 0 Å². The first-order chi connectivity index (χ1) is 7.62. The van der Waals surface area contributed by atoms with Crippen LogP contribution in [0.1, 0.15) is 20.8 Å². The largest absolute Gasteiger partial charge is 0.295 e. The molecule has 3 heteroatoms. The summed E-state index contributed by atoms with van der Waals surface area (Å²) in [5, 5.41) is 2.38. The summed E-state index contributed by atoms with van der Waals surface area (Å²) in [6.07, 6.45) is 10.7. The summed E-state index contributed by atoms with van der Waals surface area (Å²) in [4.78, 5) is 23.6. The molecule has 86 valence electrons. The lowest BCUT2D eigenvalue weighted by Crippen LogP contribution is -2.30. The minimum atomic E-state index is -0.854. The van der Waals surface area contributed by atoms with Crippen LogP contribution in [0.2, 0.25) is 0 Å². The van der Waals surface area contributed by atoms with Crippen LogP contribution in [0, 0.1) is 11.3 Å². The molecule has 0 aliphatic carbocycles. The Morgan fingerprint density at radius 3 is 2.06 bits per heavy atom. The number of nitrogens with one attached hydrogen (secondary N) is 1. The van der Waals surface area contributed by atoms with Gasteiger partial charge in [-0.05, 0) is 20.8 Å². The van der Waals surface area contributed by atoms with E-state index in [9.17, 15) is 9.59 Å². The van der Waals surface area contributed by atoms with Gasteiger partial charge < -0.3 is 0 Å². The molecule has 1 saturated heterocycles. The second-order valence-electron chi connectivity index (χ2n) is 3.75. The van der Waals surface area contributed by atoms with E-state index in [4.69, 9.17) is 0 Å². The molecule has 1 N–H and O–H groups in total. The third kappa shape index (κ3) is 1.85. The maximum Gasteiger partial charge on any atom is 0.241 e. The highest BCUT2D eigenvalue weighted by molar-refractivity contribution is 6.10. The molecule has 0 saturated carbocycles. The van der Waals surface area contributed by atoms with Crippen LogP contribution in [0.4, 0.5) is 0 Å². The molecule has 0 aromatic heterocycles. The molecule has 0 radical (unpaired) electrons. The van der Waals surface area contributed by atoms with Crippen molar-refractivity contribution < 1.29 is 9.59 Å². The molecular formula is C13H17NO2. The smallest absolute Gasteiger partial charge is 0.241 e. The summed E-state index contributed by atoms with van der Waals surface area (Å²) >= 11 is 0. The van der Waals surface area contributed by atoms with Crippen LogP contribution in [0.25, 0.3) is 0 Å². The summed E-state index contributed by atoms with van der Waals surface area (Å²) in [6, 6.07) is 0. The number of rotatable bonds is 3. The SMILES string of the molecule is CC=CC1C(=O)NC(=O)C1(C=CC)C=CC. The molecule has 1 atom stereocenters. The van der Waals surface area contributed by atoms with Crippen LogP contribution in [-0.2, 0) is 9.59 Å². The Morgan fingerprint density at radius 2 is 1.62 bits per heavy atom. The van der Waals surface area contributed by atoms with Crippen molar-refractivity contribution >= 4 is 11.8 Å². The Bertz CT molecular complexity index is 365. The molecule has 1 aliphatic heterocycles. The van der Waals surface area contributed by atoms with Gasteiger partial charge in [-0.25, -0.2) is 0 Å². The molecule has 1 fully saturated rings. The first kappa shape index (κ1) is 12.4. The van der Waals surface area contributed by atoms with Gasteiger partial charge in [-0.15, -0.1) is 0 Å². The van der Waals surface area contributed by atoms with E-state index in [-0.39, 0.29) is 11.8 Å². The normalized spacial score (nSPS) is 31.1. The third-order valence-electron chi connectivity index (χ3n) is 2.70. The summed E-state index contributed by atoms with van der Waals surface area (Å²) in [5.74, 6) is -0.937. The van der Waals surface area contributed by atoms with E-state index in [1.807, 2.05) is 20.8 Å². The van der Waals surface area contributed by atoms with Crippen LogP contribution >= 0.6 is 0 Å². The fourth-order valence-corrected chi connectivity index (χ4v) is 2.06. The van der Waals surface area contributed by atoms with Gasteiger partial charge in [-0.1, -0.05) is 36.5 Å². The van der Waals surface area contributed by atoms with E-state index in [1.54, 1.807) is 36.5 Å². The maximum atomic E-state index is 11.9. The first-order valence-electron chi connectivity index (χ1n) is 5.38. The van der Waals surface area contributed by atoms with Gasteiger partial charge in [-0.3, -0.25) is 14.9 Å². The molecule has 1 heterocycles. The molecule has 0 spiro atoms. The zero-order chi connectivity index (χ0) is 12.2. The van der Waals surface area contributed by atoms with Crippen molar-refractivity contribution in [1.29, 1.82) is 0 Å². The lowest BCUT2D eigenvalue weighted by atomic mass is 9.76. The zero-order valence-electron chi connectivity index (χ0n) is 9.86. The average Bonchev–Trinajstić information content (AvgIpc) is 2.45. The van der Waals surface area contributed by atoms with Gasteiger partial charge in [-0.2, -0.15) is 0 Å². The van der Waals surface area contributed by atoms with Gasteiger partial charge in [0, 0.05) is 0 Å². The molecule has 3 nitrogen and oxygen atoms in total. The molecule has 16 heavy (non-hydrogen) atoms. The number of allylic oxidation sites excluding steroid dienone is 3. The number of carbonyl (C=O) groups is 2. The van der Waals surface area contributed by atoms with Crippen molar-refractivity contribution in [3.8, 4) is 0 Å². The van der Waals surface area contributed by atoms with Gasteiger partial charge in [0.1, 0.15) is 5.41 Å². The van der Waals surface area contributed by atoms with Crippen molar-refractivity contribution in [3.05, 3.63) is 36.5 Å². The van der Waals surface area contributed by atoms with Crippen molar-refractivity contribution in [2.24, 2.45) is 11.3 Å². The van der Waals surface area contributed by atoms with Crippen LogP contribution < -0.4 is 5.32 Å². The number of carbonyl (C=O) groups excluding carboxylic acids is 2. The van der Waals surface area contributed by atoms with E-state index in [0.29, 0.717) is 0 Å². The van der Waals surface area contributed by atoms with E-state index in [0.717, 1.165) is 0 Å². The van der Waals surface area contributed by atoms with Gasteiger partial charge in [0.15, 0.2) is 0 Å². The maximum absolute atomic E-state index is 11.9. The standard InChI is InChI=1S/C13H17NO2/c1-4-7-10-11(15)14-12(16)13(10,8-5-2)9-6-3/h4-10H,1-3H3,(H,14,15,16). The van der Waals surface area contributed by atoms with Crippen LogP contribution in [-0.4, -0.2) is 11.8 Å². The molecule has 2 amide bonds. The monoisotopic (exact) mass is 219 g/mol. The van der Waals surface area contributed by atoms with Gasteiger partial charge in [0.25, 0.3) is 0 Å². The number of hydrogen-bond acceptors (Lipinski definition) is 2. The summed E-state index contributed by atoms with van der Waals surface area (Å²) in [6.45, 7) is 5.52. The fraction of sp³-hybridized carbons (Fsp3) is 0.385. The van der Waals surface area contributed by atoms with Crippen molar-refractivity contribution in [2.75, 3.05) is 0 Å². The van der Waals surface area contributed by atoms with E-state index < -0.39 is 11.3 Å². The van der Waals surface area contributed by atoms with Crippen LogP contribution in [0.15, 0.2) is 36.5 Å². The summed E-state index contributed by atoms with van der Waals surface area (Å²) in [5.41, 5.74) is -0.854. The Labute approximate surface area is 95.9 Å². The minimum Gasteiger partial charge on any atom is -0.295 e. The van der Waals surface area contributed by atoms with Crippen molar-refractivity contribution in [3.63, 3.8) is 0 Å². The molecule has 1 rings (SSSR count). The fourth-order valence-electron chi connectivity index (χ4n) is 2.06. The predicted molar refractivity (Wildman–Crippen MR) is 63.5 cm³/mol. The van der Waals surface area contributed by atoms with Crippen LogP contribution in [0.3, 0.4) is 0 Å².